The Labute approximate surface area is 156 Å². The van der Waals surface area contributed by atoms with Gasteiger partial charge in [0.25, 0.3) is 0 Å². The van der Waals surface area contributed by atoms with Crippen LogP contribution in [0.2, 0.25) is 0 Å². The number of ether oxygens (including phenoxy) is 1. The molecule has 0 bridgehead atoms. The van der Waals surface area contributed by atoms with Crippen LogP contribution in [0.3, 0.4) is 0 Å². The number of hydrogen-bond donors (Lipinski definition) is 1. The van der Waals surface area contributed by atoms with E-state index in [1.54, 1.807) is 12.1 Å². The van der Waals surface area contributed by atoms with Crippen molar-refractivity contribution in [2.24, 2.45) is 0 Å². The molecule has 0 atom stereocenters. The maximum atomic E-state index is 9.18. The SMILES string of the molecule is Cc1nc2c(Oc3cc(C#N)ccc3C)cc(-c3c(C)noc3C)cc2[nH]1. The number of nitrogens with zero attached hydrogens (tertiary/aromatic N) is 3. The number of aromatic amines is 1. The summed E-state index contributed by atoms with van der Waals surface area (Å²) < 4.78 is 11.5. The van der Waals surface area contributed by atoms with E-state index >= 15 is 0 Å². The van der Waals surface area contributed by atoms with E-state index < -0.39 is 0 Å². The third-order valence-electron chi connectivity index (χ3n) is 4.53. The molecule has 0 fully saturated rings. The fraction of sp³-hybridized carbons (Fsp3) is 0.190. The Morgan fingerprint density at radius 1 is 1.07 bits per heavy atom. The Morgan fingerprint density at radius 2 is 1.89 bits per heavy atom. The monoisotopic (exact) mass is 358 g/mol. The maximum absolute atomic E-state index is 9.18. The van der Waals surface area contributed by atoms with Gasteiger partial charge in [-0.3, -0.25) is 0 Å². The quantitative estimate of drug-likeness (QED) is 0.549. The van der Waals surface area contributed by atoms with Gasteiger partial charge >= 0.3 is 0 Å². The molecule has 2 aromatic heterocycles. The number of nitrogens with one attached hydrogen (secondary N) is 1. The van der Waals surface area contributed by atoms with Gasteiger partial charge in [0.2, 0.25) is 0 Å². The highest BCUT2D eigenvalue weighted by Crippen LogP contribution is 2.37. The van der Waals surface area contributed by atoms with Crippen molar-refractivity contribution in [1.82, 2.24) is 15.1 Å². The van der Waals surface area contributed by atoms with E-state index in [0.29, 0.717) is 17.1 Å². The first kappa shape index (κ1) is 16.9. The number of nitriles is 1. The molecule has 0 saturated carbocycles. The molecular weight excluding hydrogens is 340 g/mol. The first-order valence-electron chi connectivity index (χ1n) is 8.58. The topological polar surface area (TPSA) is 87.7 Å². The lowest BCUT2D eigenvalue weighted by Crippen LogP contribution is -1.92. The second-order valence-electron chi connectivity index (χ2n) is 6.59. The number of benzene rings is 2. The molecule has 2 aromatic carbocycles. The van der Waals surface area contributed by atoms with Crippen LogP contribution < -0.4 is 4.74 Å². The number of imidazole rings is 1. The predicted octanol–water partition coefficient (Wildman–Crippen LogP) is 5.12. The second kappa shape index (κ2) is 6.29. The number of rotatable bonds is 3. The smallest absolute Gasteiger partial charge is 0.155 e. The van der Waals surface area contributed by atoms with E-state index in [9.17, 15) is 5.26 Å². The van der Waals surface area contributed by atoms with Crippen LogP contribution >= 0.6 is 0 Å². The molecule has 134 valence electrons. The molecule has 6 nitrogen and oxygen atoms in total. The van der Waals surface area contributed by atoms with Crippen molar-refractivity contribution >= 4 is 11.0 Å². The number of hydrogen-bond acceptors (Lipinski definition) is 5. The van der Waals surface area contributed by atoms with Crippen molar-refractivity contribution in [1.29, 1.82) is 5.26 Å². The fourth-order valence-electron chi connectivity index (χ4n) is 3.22. The van der Waals surface area contributed by atoms with Crippen molar-refractivity contribution in [3.8, 4) is 28.7 Å². The number of aryl methyl sites for hydroxylation is 4. The van der Waals surface area contributed by atoms with E-state index in [1.165, 1.54) is 0 Å². The Bertz CT molecular complexity index is 1190. The second-order valence-corrected chi connectivity index (χ2v) is 6.59. The van der Waals surface area contributed by atoms with Gasteiger partial charge in [0.15, 0.2) is 5.75 Å². The zero-order valence-electron chi connectivity index (χ0n) is 15.5. The average molecular weight is 358 g/mol. The molecule has 2 heterocycles. The maximum Gasteiger partial charge on any atom is 0.155 e. The third kappa shape index (κ3) is 2.93. The molecular formula is C21H18N4O2. The van der Waals surface area contributed by atoms with Gasteiger partial charge in [-0.05, 0) is 63.1 Å². The highest BCUT2D eigenvalue weighted by atomic mass is 16.5. The van der Waals surface area contributed by atoms with E-state index in [0.717, 1.165) is 45.0 Å². The van der Waals surface area contributed by atoms with Crippen LogP contribution in [-0.4, -0.2) is 15.1 Å². The fourth-order valence-corrected chi connectivity index (χ4v) is 3.22. The summed E-state index contributed by atoms with van der Waals surface area (Å²) >= 11 is 0. The Kier molecular flexibility index (Phi) is 3.93. The molecule has 0 spiro atoms. The minimum Gasteiger partial charge on any atom is -0.455 e. The van der Waals surface area contributed by atoms with Crippen LogP contribution in [-0.2, 0) is 0 Å². The van der Waals surface area contributed by atoms with Crippen molar-refractivity contribution in [2.75, 3.05) is 0 Å². The normalized spacial score (nSPS) is 10.9. The Balaban J connectivity index is 1.91. The standard InChI is InChI=1S/C21H18N4O2/c1-11-5-6-15(10-22)7-18(11)26-19-9-16(20-12(2)25-27-13(20)3)8-17-21(19)24-14(4)23-17/h5-9H,1-4H3,(H,23,24). The minimum atomic E-state index is 0.548. The number of H-pyrrole nitrogens is 1. The molecule has 0 saturated heterocycles. The average Bonchev–Trinajstić information content (AvgIpc) is 3.18. The molecule has 4 rings (SSSR count). The van der Waals surface area contributed by atoms with Gasteiger partial charge in [0.1, 0.15) is 22.9 Å². The zero-order chi connectivity index (χ0) is 19.1. The van der Waals surface area contributed by atoms with E-state index in [1.807, 2.05) is 45.9 Å². The first-order valence-corrected chi connectivity index (χ1v) is 8.58. The number of aromatic nitrogens is 3. The highest BCUT2D eigenvalue weighted by molar-refractivity contribution is 5.88. The van der Waals surface area contributed by atoms with Crippen LogP contribution in [0.25, 0.3) is 22.2 Å². The Morgan fingerprint density at radius 3 is 2.59 bits per heavy atom. The minimum absolute atomic E-state index is 0.548. The summed E-state index contributed by atoms with van der Waals surface area (Å²) in [6.45, 7) is 7.65. The molecule has 0 aliphatic heterocycles. The lowest BCUT2D eigenvalue weighted by molar-refractivity contribution is 0.393. The van der Waals surface area contributed by atoms with Gasteiger partial charge in [-0.2, -0.15) is 5.26 Å². The van der Waals surface area contributed by atoms with Crippen molar-refractivity contribution in [3.05, 3.63) is 58.7 Å². The molecule has 27 heavy (non-hydrogen) atoms. The molecule has 0 unspecified atom stereocenters. The van der Waals surface area contributed by atoms with Gasteiger partial charge in [-0.25, -0.2) is 4.98 Å². The summed E-state index contributed by atoms with van der Waals surface area (Å²) in [5.74, 6) is 2.79. The van der Waals surface area contributed by atoms with Crippen LogP contribution in [0.1, 0.15) is 28.4 Å². The van der Waals surface area contributed by atoms with Crippen molar-refractivity contribution in [2.45, 2.75) is 27.7 Å². The van der Waals surface area contributed by atoms with Gasteiger partial charge < -0.3 is 14.2 Å². The summed E-state index contributed by atoms with van der Waals surface area (Å²) in [7, 11) is 0. The van der Waals surface area contributed by atoms with Gasteiger partial charge in [0, 0.05) is 5.56 Å². The Hall–Kier alpha value is -3.59. The van der Waals surface area contributed by atoms with Crippen LogP contribution in [0.5, 0.6) is 11.5 Å². The molecule has 1 N–H and O–H groups in total. The predicted molar refractivity (Wildman–Crippen MR) is 102 cm³/mol. The summed E-state index contributed by atoms with van der Waals surface area (Å²) in [4.78, 5) is 7.83. The molecule has 6 heteroatoms. The largest absolute Gasteiger partial charge is 0.455 e. The lowest BCUT2D eigenvalue weighted by atomic mass is 10.0. The van der Waals surface area contributed by atoms with Gasteiger partial charge in [0.05, 0.1) is 22.8 Å². The summed E-state index contributed by atoms with van der Waals surface area (Å²) in [5, 5.41) is 13.2. The van der Waals surface area contributed by atoms with Crippen LogP contribution in [0.4, 0.5) is 0 Å². The molecule has 4 aromatic rings. The summed E-state index contributed by atoms with van der Waals surface area (Å²) in [5.41, 5.74) is 5.79. The highest BCUT2D eigenvalue weighted by Gasteiger charge is 2.17. The van der Waals surface area contributed by atoms with E-state index in [4.69, 9.17) is 9.26 Å². The van der Waals surface area contributed by atoms with E-state index in [2.05, 4.69) is 21.2 Å². The number of fused-ring (bicyclic) bond motifs is 1. The first-order chi connectivity index (χ1) is 13.0. The van der Waals surface area contributed by atoms with Crippen LogP contribution in [0, 0.1) is 39.0 Å². The summed E-state index contributed by atoms with van der Waals surface area (Å²) in [6, 6.07) is 11.5. The van der Waals surface area contributed by atoms with Crippen LogP contribution in [0.15, 0.2) is 34.9 Å². The summed E-state index contributed by atoms with van der Waals surface area (Å²) in [6.07, 6.45) is 0. The third-order valence-corrected chi connectivity index (χ3v) is 4.53. The lowest BCUT2D eigenvalue weighted by Gasteiger charge is -2.11. The van der Waals surface area contributed by atoms with Crippen molar-refractivity contribution in [3.63, 3.8) is 0 Å². The molecule has 0 aliphatic carbocycles. The van der Waals surface area contributed by atoms with Crippen molar-refractivity contribution < 1.29 is 9.26 Å². The molecule has 0 radical (unpaired) electrons. The molecule has 0 amide bonds. The van der Waals surface area contributed by atoms with Gasteiger partial charge in [-0.15, -0.1) is 0 Å². The molecule has 0 aliphatic rings. The van der Waals surface area contributed by atoms with E-state index in [-0.39, 0.29) is 0 Å². The zero-order valence-corrected chi connectivity index (χ0v) is 15.5. The van der Waals surface area contributed by atoms with Gasteiger partial charge in [-0.1, -0.05) is 11.2 Å².